The molecule has 1 aliphatic rings. The van der Waals surface area contributed by atoms with Crippen LogP contribution >= 0.6 is 11.3 Å². The van der Waals surface area contributed by atoms with Gasteiger partial charge in [0.25, 0.3) is 0 Å². The summed E-state index contributed by atoms with van der Waals surface area (Å²) >= 11 is 1.59. The number of aromatic nitrogens is 1. The molecule has 2 aromatic rings. The van der Waals surface area contributed by atoms with E-state index in [1.807, 2.05) is 23.3 Å². The first-order valence-corrected chi connectivity index (χ1v) is 8.57. The minimum absolute atomic E-state index is 0.00852. The van der Waals surface area contributed by atoms with Gasteiger partial charge < -0.3 is 10.2 Å². The zero-order valence-corrected chi connectivity index (χ0v) is 13.8. The molecule has 0 saturated carbocycles. The Bertz CT molecular complexity index is 667. The van der Waals surface area contributed by atoms with Crippen molar-refractivity contribution in [1.29, 1.82) is 0 Å². The molecule has 1 N–H and O–H groups in total. The zero-order chi connectivity index (χ0) is 15.5. The molecule has 0 radical (unpaired) electrons. The first kappa shape index (κ1) is 15.0. The average Bonchev–Trinajstić information content (AvgIpc) is 2.96. The summed E-state index contributed by atoms with van der Waals surface area (Å²) in [5.74, 6) is 0. The van der Waals surface area contributed by atoms with E-state index in [2.05, 4.69) is 35.4 Å². The number of nitrogens with one attached hydrogen (secondary N) is 1. The van der Waals surface area contributed by atoms with Crippen LogP contribution in [0.4, 0.5) is 4.79 Å². The second-order valence-electron chi connectivity index (χ2n) is 5.70. The van der Waals surface area contributed by atoms with Gasteiger partial charge in [-0.1, -0.05) is 31.2 Å². The minimum Gasteiger partial charge on any atom is -0.331 e. The Kier molecular flexibility index (Phi) is 4.43. The smallest absolute Gasteiger partial charge is 0.318 e. The molecule has 22 heavy (non-hydrogen) atoms. The lowest BCUT2D eigenvalue weighted by molar-refractivity contribution is 0.160. The Morgan fingerprint density at radius 1 is 1.41 bits per heavy atom. The topological polar surface area (TPSA) is 45.2 Å². The monoisotopic (exact) mass is 315 g/mol. The van der Waals surface area contributed by atoms with Crippen molar-refractivity contribution in [3.05, 3.63) is 51.5 Å². The summed E-state index contributed by atoms with van der Waals surface area (Å²) in [5.41, 5.74) is 3.63. The number of carbonyl (C=O) groups is 1. The first-order chi connectivity index (χ1) is 10.7. The zero-order valence-electron chi connectivity index (χ0n) is 13.0. The summed E-state index contributed by atoms with van der Waals surface area (Å²) in [7, 11) is 0. The van der Waals surface area contributed by atoms with E-state index in [0.29, 0.717) is 13.1 Å². The first-order valence-electron chi connectivity index (χ1n) is 7.69. The Hall–Kier alpha value is -1.88. The molecule has 0 spiro atoms. The van der Waals surface area contributed by atoms with Gasteiger partial charge in [0.2, 0.25) is 0 Å². The third-order valence-electron chi connectivity index (χ3n) is 4.14. The highest BCUT2D eigenvalue weighted by molar-refractivity contribution is 7.09. The van der Waals surface area contributed by atoms with Crippen LogP contribution in [0.3, 0.4) is 0 Å². The molecule has 0 unspecified atom stereocenters. The second kappa shape index (κ2) is 6.48. The van der Waals surface area contributed by atoms with Gasteiger partial charge in [0, 0.05) is 23.7 Å². The number of thiazole rings is 1. The van der Waals surface area contributed by atoms with E-state index in [9.17, 15) is 4.79 Å². The fraction of sp³-hybridized carbons (Fsp3) is 0.412. The van der Waals surface area contributed by atoms with Crippen LogP contribution in [0.15, 0.2) is 29.6 Å². The lowest BCUT2D eigenvalue weighted by Crippen LogP contribution is -2.48. The summed E-state index contributed by atoms with van der Waals surface area (Å²) in [6.45, 7) is 5.31. The highest BCUT2D eigenvalue weighted by atomic mass is 32.1. The van der Waals surface area contributed by atoms with E-state index in [1.54, 1.807) is 11.3 Å². The molecular weight excluding hydrogens is 294 g/mol. The molecule has 116 valence electrons. The van der Waals surface area contributed by atoms with E-state index < -0.39 is 0 Å². The van der Waals surface area contributed by atoms with Crippen molar-refractivity contribution in [2.24, 2.45) is 0 Å². The minimum atomic E-state index is 0.00852. The van der Waals surface area contributed by atoms with Gasteiger partial charge in [-0.3, -0.25) is 0 Å². The molecule has 5 heteroatoms. The maximum Gasteiger partial charge on any atom is 0.318 e. The SMILES string of the molecule is CC[C@H]1Cc2ccccc2CN1C(=O)NCc1nc(C)cs1. The van der Waals surface area contributed by atoms with Crippen molar-refractivity contribution in [3.8, 4) is 0 Å². The molecule has 0 saturated heterocycles. The molecule has 4 nitrogen and oxygen atoms in total. The number of hydrogen-bond acceptors (Lipinski definition) is 3. The Labute approximate surface area is 135 Å². The molecule has 1 aromatic carbocycles. The van der Waals surface area contributed by atoms with E-state index >= 15 is 0 Å². The third-order valence-corrected chi connectivity index (χ3v) is 5.11. The number of amides is 2. The van der Waals surface area contributed by atoms with E-state index in [-0.39, 0.29) is 12.1 Å². The van der Waals surface area contributed by atoms with Gasteiger partial charge in [-0.25, -0.2) is 9.78 Å². The van der Waals surface area contributed by atoms with Crippen molar-refractivity contribution in [2.45, 2.75) is 45.8 Å². The van der Waals surface area contributed by atoms with Gasteiger partial charge in [-0.05, 0) is 30.9 Å². The third kappa shape index (κ3) is 3.14. The standard InChI is InChI=1S/C17H21N3OS/c1-3-15-8-13-6-4-5-7-14(13)10-20(15)17(21)18-9-16-19-12(2)11-22-16/h4-7,11,15H,3,8-10H2,1-2H3,(H,18,21)/t15-/m0/s1. The van der Waals surface area contributed by atoms with Crippen molar-refractivity contribution in [2.75, 3.05) is 0 Å². The molecule has 2 amide bonds. The molecule has 0 bridgehead atoms. The van der Waals surface area contributed by atoms with Gasteiger partial charge in [0.05, 0.1) is 6.54 Å². The van der Waals surface area contributed by atoms with Crippen LogP contribution in [0.5, 0.6) is 0 Å². The lowest BCUT2D eigenvalue weighted by Gasteiger charge is -2.36. The van der Waals surface area contributed by atoms with E-state index in [1.165, 1.54) is 11.1 Å². The maximum absolute atomic E-state index is 12.5. The predicted molar refractivity (Wildman–Crippen MR) is 88.9 cm³/mol. The highest BCUT2D eigenvalue weighted by Crippen LogP contribution is 2.25. The van der Waals surface area contributed by atoms with Gasteiger partial charge >= 0.3 is 6.03 Å². The number of carbonyl (C=O) groups excluding carboxylic acids is 1. The van der Waals surface area contributed by atoms with Crippen LogP contribution < -0.4 is 5.32 Å². The van der Waals surface area contributed by atoms with Crippen LogP contribution in [0, 0.1) is 6.92 Å². The lowest BCUT2D eigenvalue weighted by atomic mass is 9.93. The predicted octanol–water partition coefficient (Wildman–Crippen LogP) is 3.50. The van der Waals surface area contributed by atoms with E-state index in [4.69, 9.17) is 0 Å². The molecule has 3 rings (SSSR count). The summed E-state index contributed by atoms with van der Waals surface area (Å²) in [4.78, 5) is 18.9. The summed E-state index contributed by atoms with van der Waals surface area (Å²) < 4.78 is 0. The molecule has 0 aliphatic carbocycles. The molecule has 1 atom stereocenters. The van der Waals surface area contributed by atoms with Gasteiger partial charge in [-0.15, -0.1) is 11.3 Å². The number of benzene rings is 1. The quantitative estimate of drug-likeness (QED) is 0.942. The summed E-state index contributed by atoms with van der Waals surface area (Å²) in [6, 6.07) is 8.69. The van der Waals surface area contributed by atoms with Crippen LogP contribution in [-0.4, -0.2) is 22.0 Å². The second-order valence-corrected chi connectivity index (χ2v) is 6.65. The van der Waals surface area contributed by atoms with E-state index in [0.717, 1.165) is 23.5 Å². The number of urea groups is 1. The van der Waals surface area contributed by atoms with Crippen molar-refractivity contribution in [3.63, 3.8) is 0 Å². The van der Waals surface area contributed by atoms with Crippen LogP contribution in [0.1, 0.15) is 35.2 Å². The molecular formula is C17H21N3OS. The van der Waals surface area contributed by atoms with Crippen molar-refractivity contribution < 1.29 is 4.79 Å². The van der Waals surface area contributed by atoms with Crippen LogP contribution in [0.2, 0.25) is 0 Å². The van der Waals surface area contributed by atoms with Crippen molar-refractivity contribution >= 4 is 17.4 Å². The average molecular weight is 315 g/mol. The molecule has 0 fully saturated rings. The number of aryl methyl sites for hydroxylation is 1. The number of fused-ring (bicyclic) bond motifs is 1. The Balaban J connectivity index is 1.68. The van der Waals surface area contributed by atoms with Gasteiger partial charge in [0.15, 0.2) is 0 Å². The Morgan fingerprint density at radius 3 is 2.86 bits per heavy atom. The van der Waals surface area contributed by atoms with Gasteiger partial charge in [0.1, 0.15) is 5.01 Å². The summed E-state index contributed by atoms with van der Waals surface area (Å²) in [5, 5.41) is 5.97. The summed E-state index contributed by atoms with van der Waals surface area (Å²) in [6.07, 6.45) is 1.91. The Morgan fingerprint density at radius 2 is 2.18 bits per heavy atom. The molecule has 1 aromatic heterocycles. The molecule has 1 aliphatic heterocycles. The van der Waals surface area contributed by atoms with Crippen molar-refractivity contribution in [1.82, 2.24) is 15.2 Å². The van der Waals surface area contributed by atoms with Crippen LogP contribution in [-0.2, 0) is 19.5 Å². The normalized spacial score (nSPS) is 17.2. The van der Waals surface area contributed by atoms with Gasteiger partial charge in [-0.2, -0.15) is 0 Å². The maximum atomic E-state index is 12.5. The molecule has 2 heterocycles. The largest absolute Gasteiger partial charge is 0.331 e. The highest BCUT2D eigenvalue weighted by Gasteiger charge is 2.28. The fourth-order valence-electron chi connectivity index (χ4n) is 2.93. The fourth-order valence-corrected chi connectivity index (χ4v) is 3.64. The number of rotatable bonds is 3. The number of hydrogen-bond donors (Lipinski definition) is 1. The number of nitrogens with zero attached hydrogens (tertiary/aromatic N) is 2. The van der Waals surface area contributed by atoms with Crippen LogP contribution in [0.25, 0.3) is 0 Å².